The van der Waals surface area contributed by atoms with Gasteiger partial charge < -0.3 is 19.2 Å². The van der Waals surface area contributed by atoms with Gasteiger partial charge in [0.2, 0.25) is 0 Å². The summed E-state index contributed by atoms with van der Waals surface area (Å²) in [6, 6.07) is 11.9. The molecule has 0 aliphatic rings. The highest BCUT2D eigenvalue weighted by molar-refractivity contribution is 6.02. The number of fused-ring (bicyclic) bond motifs is 1. The Morgan fingerprint density at radius 3 is 2.84 bits per heavy atom. The van der Waals surface area contributed by atoms with Gasteiger partial charge in [-0.1, -0.05) is 18.2 Å². The van der Waals surface area contributed by atoms with Crippen LogP contribution >= 0.6 is 0 Å². The fourth-order valence-electron chi connectivity index (χ4n) is 2.30. The van der Waals surface area contributed by atoms with Crippen molar-refractivity contribution in [3.05, 3.63) is 54.4 Å². The number of nitrogens with one attached hydrogen (secondary N) is 1. The van der Waals surface area contributed by atoms with Crippen LogP contribution in [0.4, 0.5) is 5.69 Å². The maximum absolute atomic E-state index is 12.2. The molecular formula is C18H16N2O5. The van der Waals surface area contributed by atoms with Crippen LogP contribution in [-0.4, -0.2) is 30.1 Å². The number of hydrogen-bond acceptors (Lipinski definition) is 6. The van der Waals surface area contributed by atoms with E-state index in [0.29, 0.717) is 29.1 Å². The summed E-state index contributed by atoms with van der Waals surface area (Å²) in [5.41, 5.74) is 1.64. The molecule has 0 saturated heterocycles. The van der Waals surface area contributed by atoms with E-state index < -0.39 is 18.5 Å². The van der Waals surface area contributed by atoms with Crippen LogP contribution in [0.2, 0.25) is 0 Å². The Hall–Kier alpha value is -3.35. The SMILES string of the molecule is CCOc1ccccc1NC(=O)COC(=O)c1cccc2ocnc12. The lowest BCUT2D eigenvalue weighted by molar-refractivity contribution is -0.119. The van der Waals surface area contributed by atoms with E-state index >= 15 is 0 Å². The van der Waals surface area contributed by atoms with E-state index in [1.54, 1.807) is 42.5 Å². The number of amides is 1. The number of rotatable bonds is 6. The number of esters is 1. The first-order valence-corrected chi connectivity index (χ1v) is 7.70. The first-order valence-electron chi connectivity index (χ1n) is 7.70. The van der Waals surface area contributed by atoms with Crippen LogP contribution in [-0.2, 0) is 9.53 Å². The molecule has 1 heterocycles. The standard InChI is InChI=1S/C18H16N2O5/c1-2-23-14-8-4-3-7-13(14)20-16(21)10-24-18(22)12-6-5-9-15-17(12)19-11-25-15/h3-9,11H,2,10H2,1H3,(H,20,21). The lowest BCUT2D eigenvalue weighted by atomic mass is 10.2. The average molecular weight is 340 g/mol. The van der Waals surface area contributed by atoms with E-state index in [1.165, 1.54) is 6.39 Å². The Bertz CT molecular complexity index is 903. The lowest BCUT2D eigenvalue weighted by Crippen LogP contribution is -2.21. The van der Waals surface area contributed by atoms with Crippen LogP contribution in [0.25, 0.3) is 11.1 Å². The molecular weight excluding hydrogens is 324 g/mol. The van der Waals surface area contributed by atoms with Gasteiger partial charge in [0.1, 0.15) is 11.3 Å². The number of ether oxygens (including phenoxy) is 2. The van der Waals surface area contributed by atoms with Gasteiger partial charge in [-0.25, -0.2) is 9.78 Å². The maximum Gasteiger partial charge on any atom is 0.340 e. The molecule has 0 bridgehead atoms. The lowest BCUT2D eigenvalue weighted by Gasteiger charge is -2.11. The largest absolute Gasteiger partial charge is 0.492 e. The van der Waals surface area contributed by atoms with Crippen molar-refractivity contribution >= 4 is 28.7 Å². The highest BCUT2D eigenvalue weighted by Gasteiger charge is 2.16. The average Bonchev–Trinajstić information content (AvgIpc) is 3.10. The smallest absolute Gasteiger partial charge is 0.340 e. The Morgan fingerprint density at radius 2 is 2.00 bits per heavy atom. The van der Waals surface area contributed by atoms with Gasteiger partial charge in [0.05, 0.1) is 17.9 Å². The molecule has 0 fully saturated rings. The summed E-state index contributed by atoms with van der Waals surface area (Å²) in [6.45, 7) is 1.90. The molecule has 7 heteroatoms. The van der Waals surface area contributed by atoms with E-state index in [1.807, 2.05) is 6.92 Å². The number of benzene rings is 2. The van der Waals surface area contributed by atoms with Crippen molar-refractivity contribution in [2.75, 3.05) is 18.5 Å². The van der Waals surface area contributed by atoms with Gasteiger partial charge in [-0.3, -0.25) is 4.79 Å². The molecule has 0 unspecified atom stereocenters. The van der Waals surface area contributed by atoms with Crippen LogP contribution < -0.4 is 10.1 Å². The number of hydrogen-bond donors (Lipinski definition) is 1. The monoisotopic (exact) mass is 340 g/mol. The minimum atomic E-state index is -0.646. The topological polar surface area (TPSA) is 90.7 Å². The quantitative estimate of drug-likeness (QED) is 0.694. The van der Waals surface area contributed by atoms with Crippen LogP contribution in [0.1, 0.15) is 17.3 Å². The number of oxazole rings is 1. The van der Waals surface area contributed by atoms with Gasteiger partial charge in [-0.2, -0.15) is 0 Å². The summed E-state index contributed by atoms with van der Waals surface area (Å²) >= 11 is 0. The van der Waals surface area contributed by atoms with Crippen LogP contribution in [0, 0.1) is 0 Å². The Balaban J connectivity index is 1.63. The molecule has 1 amide bonds. The predicted molar refractivity (Wildman–Crippen MR) is 90.5 cm³/mol. The van der Waals surface area contributed by atoms with E-state index in [0.717, 1.165) is 0 Å². The van der Waals surface area contributed by atoms with Gasteiger partial charge in [-0.15, -0.1) is 0 Å². The van der Waals surface area contributed by atoms with Crippen molar-refractivity contribution in [2.45, 2.75) is 6.92 Å². The van der Waals surface area contributed by atoms with Crippen molar-refractivity contribution in [1.82, 2.24) is 4.98 Å². The number of para-hydroxylation sites is 3. The molecule has 0 aliphatic heterocycles. The summed E-state index contributed by atoms with van der Waals surface area (Å²) in [4.78, 5) is 28.2. The third kappa shape index (κ3) is 3.77. The van der Waals surface area contributed by atoms with E-state index in [2.05, 4.69) is 10.3 Å². The molecule has 0 saturated carbocycles. The molecule has 0 spiro atoms. The second kappa shape index (κ2) is 7.48. The highest BCUT2D eigenvalue weighted by Crippen LogP contribution is 2.23. The molecule has 3 rings (SSSR count). The third-order valence-corrected chi connectivity index (χ3v) is 3.38. The van der Waals surface area contributed by atoms with Crippen molar-refractivity contribution in [3.63, 3.8) is 0 Å². The number of carbonyl (C=O) groups is 2. The molecule has 0 radical (unpaired) electrons. The fourth-order valence-corrected chi connectivity index (χ4v) is 2.30. The first-order chi connectivity index (χ1) is 12.2. The van der Waals surface area contributed by atoms with Gasteiger partial charge in [0, 0.05) is 0 Å². The molecule has 1 N–H and O–H groups in total. The summed E-state index contributed by atoms with van der Waals surface area (Å²) in [6.07, 6.45) is 1.25. The first kappa shape index (κ1) is 16.5. The van der Waals surface area contributed by atoms with Crippen LogP contribution in [0.15, 0.2) is 53.3 Å². The molecule has 3 aromatic rings. The number of anilines is 1. The molecule has 0 aliphatic carbocycles. The summed E-state index contributed by atoms with van der Waals surface area (Å²) in [5, 5.41) is 2.66. The van der Waals surface area contributed by atoms with Crippen molar-refractivity contribution in [1.29, 1.82) is 0 Å². The van der Waals surface area contributed by atoms with Gasteiger partial charge in [0.25, 0.3) is 5.91 Å². The zero-order chi connectivity index (χ0) is 17.6. The fraction of sp³-hybridized carbons (Fsp3) is 0.167. The molecule has 0 atom stereocenters. The Morgan fingerprint density at radius 1 is 1.16 bits per heavy atom. The minimum Gasteiger partial charge on any atom is -0.492 e. The Labute approximate surface area is 143 Å². The highest BCUT2D eigenvalue weighted by atomic mass is 16.5. The molecule has 25 heavy (non-hydrogen) atoms. The van der Waals surface area contributed by atoms with Crippen molar-refractivity contribution in [2.24, 2.45) is 0 Å². The minimum absolute atomic E-state index is 0.244. The summed E-state index contributed by atoms with van der Waals surface area (Å²) in [7, 11) is 0. The zero-order valence-electron chi connectivity index (χ0n) is 13.5. The molecule has 1 aromatic heterocycles. The number of aromatic nitrogens is 1. The third-order valence-electron chi connectivity index (χ3n) is 3.38. The van der Waals surface area contributed by atoms with E-state index in [4.69, 9.17) is 13.9 Å². The van der Waals surface area contributed by atoms with Crippen molar-refractivity contribution < 1.29 is 23.5 Å². The van der Waals surface area contributed by atoms with E-state index in [9.17, 15) is 9.59 Å². The molecule has 7 nitrogen and oxygen atoms in total. The van der Waals surface area contributed by atoms with E-state index in [-0.39, 0.29) is 5.56 Å². The summed E-state index contributed by atoms with van der Waals surface area (Å²) in [5.74, 6) is -0.558. The number of carbonyl (C=O) groups excluding carboxylic acids is 2. The number of nitrogens with zero attached hydrogens (tertiary/aromatic N) is 1. The molecule has 2 aromatic carbocycles. The Kier molecular flexibility index (Phi) is 4.94. The van der Waals surface area contributed by atoms with Crippen molar-refractivity contribution in [3.8, 4) is 5.75 Å². The predicted octanol–water partition coefficient (Wildman–Crippen LogP) is 3.02. The second-order valence-electron chi connectivity index (χ2n) is 5.06. The van der Waals surface area contributed by atoms with Crippen LogP contribution in [0.3, 0.4) is 0 Å². The maximum atomic E-state index is 12.2. The second-order valence-corrected chi connectivity index (χ2v) is 5.06. The van der Waals surface area contributed by atoms with Gasteiger partial charge in [0.15, 0.2) is 18.6 Å². The van der Waals surface area contributed by atoms with Crippen LogP contribution in [0.5, 0.6) is 5.75 Å². The molecule has 128 valence electrons. The zero-order valence-corrected chi connectivity index (χ0v) is 13.5. The van der Waals surface area contributed by atoms with Gasteiger partial charge >= 0.3 is 5.97 Å². The summed E-state index contributed by atoms with van der Waals surface area (Å²) < 4.78 is 15.6. The van der Waals surface area contributed by atoms with Gasteiger partial charge in [-0.05, 0) is 31.2 Å². The normalized spacial score (nSPS) is 10.4.